The molecule has 0 spiro atoms. The second-order valence-corrected chi connectivity index (χ2v) is 9.36. The van der Waals surface area contributed by atoms with Crippen LogP contribution < -0.4 is 5.32 Å². The highest BCUT2D eigenvalue weighted by Crippen LogP contribution is 2.18. The molecule has 0 saturated heterocycles. The number of benzene rings is 2. The van der Waals surface area contributed by atoms with Crippen LogP contribution in [0.15, 0.2) is 48.5 Å². The van der Waals surface area contributed by atoms with E-state index in [0.29, 0.717) is 29.8 Å². The summed E-state index contributed by atoms with van der Waals surface area (Å²) in [5.41, 5.74) is 3.29. The molecule has 0 bridgehead atoms. The number of amides is 2. The number of carbonyl (C=O) groups is 2. The van der Waals surface area contributed by atoms with Gasteiger partial charge in [0.1, 0.15) is 6.04 Å². The Kier molecular flexibility index (Phi) is 9.73. The van der Waals surface area contributed by atoms with E-state index in [-0.39, 0.29) is 11.8 Å². The van der Waals surface area contributed by atoms with Crippen LogP contribution in [0.3, 0.4) is 0 Å². The SMILES string of the molecule is Cc1ccc(CN(C(=O)CSCc2ccc(Cl)cc2)[C@@H](C)C(=O)NCC(C)C)cc1. The second-order valence-electron chi connectivity index (χ2n) is 7.94. The highest BCUT2D eigenvalue weighted by Gasteiger charge is 2.26. The zero-order valence-electron chi connectivity index (χ0n) is 18.2. The van der Waals surface area contributed by atoms with Crippen molar-refractivity contribution in [2.24, 2.45) is 5.92 Å². The summed E-state index contributed by atoms with van der Waals surface area (Å²) in [6.07, 6.45) is 0. The van der Waals surface area contributed by atoms with Gasteiger partial charge in [-0.2, -0.15) is 0 Å². The van der Waals surface area contributed by atoms with Crippen LogP contribution >= 0.6 is 23.4 Å². The first-order valence-electron chi connectivity index (χ1n) is 10.2. The number of nitrogens with zero attached hydrogens (tertiary/aromatic N) is 1. The third-order valence-electron chi connectivity index (χ3n) is 4.73. The largest absolute Gasteiger partial charge is 0.354 e. The molecule has 1 atom stereocenters. The number of hydrogen-bond donors (Lipinski definition) is 1. The maximum atomic E-state index is 13.0. The number of hydrogen-bond acceptors (Lipinski definition) is 3. The normalized spacial score (nSPS) is 11.9. The summed E-state index contributed by atoms with van der Waals surface area (Å²) in [5, 5.41) is 3.65. The summed E-state index contributed by atoms with van der Waals surface area (Å²) >= 11 is 7.47. The molecule has 0 aromatic heterocycles. The molecule has 0 aliphatic carbocycles. The van der Waals surface area contributed by atoms with E-state index in [1.807, 2.05) is 69.3 Å². The Labute approximate surface area is 189 Å². The van der Waals surface area contributed by atoms with Crippen molar-refractivity contribution < 1.29 is 9.59 Å². The molecular weight excluding hydrogens is 416 g/mol. The van der Waals surface area contributed by atoms with Crippen LogP contribution in [0.1, 0.15) is 37.5 Å². The van der Waals surface area contributed by atoms with Gasteiger partial charge < -0.3 is 10.2 Å². The maximum Gasteiger partial charge on any atom is 0.242 e. The van der Waals surface area contributed by atoms with Gasteiger partial charge in [-0.25, -0.2) is 0 Å². The van der Waals surface area contributed by atoms with E-state index in [4.69, 9.17) is 11.6 Å². The van der Waals surface area contributed by atoms with E-state index in [0.717, 1.165) is 22.4 Å². The van der Waals surface area contributed by atoms with Gasteiger partial charge in [0, 0.05) is 23.9 Å². The van der Waals surface area contributed by atoms with Crippen molar-refractivity contribution in [1.29, 1.82) is 0 Å². The first kappa shape index (κ1) is 24.3. The molecule has 2 aromatic rings. The van der Waals surface area contributed by atoms with Crippen LogP contribution in [-0.2, 0) is 21.9 Å². The quantitative estimate of drug-likeness (QED) is 0.554. The average Bonchev–Trinajstić information content (AvgIpc) is 2.72. The second kappa shape index (κ2) is 12.0. The van der Waals surface area contributed by atoms with E-state index in [9.17, 15) is 9.59 Å². The summed E-state index contributed by atoms with van der Waals surface area (Å²) < 4.78 is 0. The maximum absolute atomic E-state index is 13.0. The van der Waals surface area contributed by atoms with E-state index in [1.54, 1.807) is 23.6 Å². The van der Waals surface area contributed by atoms with E-state index >= 15 is 0 Å². The lowest BCUT2D eigenvalue weighted by atomic mass is 10.1. The molecule has 6 heteroatoms. The lowest BCUT2D eigenvalue weighted by Gasteiger charge is -2.29. The monoisotopic (exact) mass is 446 g/mol. The molecule has 30 heavy (non-hydrogen) atoms. The van der Waals surface area contributed by atoms with Crippen molar-refractivity contribution in [2.75, 3.05) is 12.3 Å². The summed E-state index contributed by atoms with van der Waals surface area (Å²) in [6.45, 7) is 8.94. The number of halogens is 1. The number of carbonyl (C=O) groups excluding carboxylic acids is 2. The fourth-order valence-electron chi connectivity index (χ4n) is 2.84. The third kappa shape index (κ3) is 8.04. The molecule has 2 aromatic carbocycles. The van der Waals surface area contributed by atoms with Crippen molar-refractivity contribution in [3.8, 4) is 0 Å². The van der Waals surface area contributed by atoms with Crippen molar-refractivity contribution in [1.82, 2.24) is 10.2 Å². The van der Waals surface area contributed by atoms with Crippen LogP contribution in [0, 0.1) is 12.8 Å². The topological polar surface area (TPSA) is 49.4 Å². The van der Waals surface area contributed by atoms with Crippen molar-refractivity contribution >= 4 is 35.2 Å². The molecule has 0 heterocycles. The van der Waals surface area contributed by atoms with Gasteiger partial charge in [0.15, 0.2) is 0 Å². The van der Waals surface area contributed by atoms with Crippen molar-refractivity contribution in [2.45, 2.75) is 46.0 Å². The lowest BCUT2D eigenvalue weighted by molar-refractivity contribution is -0.138. The van der Waals surface area contributed by atoms with Gasteiger partial charge in [-0.3, -0.25) is 9.59 Å². The molecule has 4 nitrogen and oxygen atoms in total. The minimum absolute atomic E-state index is 0.0401. The molecule has 0 aliphatic rings. The molecule has 162 valence electrons. The molecular formula is C24H31ClN2O2S. The molecule has 0 unspecified atom stereocenters. The van der Waals surface area contributed by atoms with E-state index < -0.39 is 6.04 Å². The van der Waals surface area contributed by atoms with Gasteiger partial charge >= 0.3 is 0 Å². The Morgan fingerprint density at radius 3 is 2.20 bits per heavy atom. The van der Waals surface area contributed by atoms with Crippen LogP contribution in [0.2, 0.25) is 5.02 Å². The van der Waals surface area contributed by atoms with E-state index in [1.165, 1.54) is 0 Å². The fraction of sp³-hybridized carbons (Fsp3) is 0.417. The summed E-state index contributed by atoms with van der Waals surface area (Å²) in [6, 6.07) is 15.2. The Morgan fingerprint density at radius 2 is 1.60 bits per heavy atom. The zero-order valence-corrected chi connectivity index (χ0v) is 19.7. The molecule has 0 saturated carbocycles. The summed E-state index contributed by atoms with van der Waals surface area (Å²) in [7, 11) is 0. The lowest BCUT2D eigenvalue weighted by Crippen LogP contribution is -2.48. The van der Waals surface area contributed by atoms with Crippen molar-refractivity contribution in [3.05, 3.63) is 70.2 Å². The molecule has 2 rings (SSSR count). The van der Waals surface area contributed by atoms with Gasteiger partial charge in [0.2, 0.25) is 11.8 Å². The minimum Gasteiger partial charge on any atom is -0.354 e. The average molecular weight is 447 g/mol. The molecule has 2 amide bonds. The van der Waals surface area contributed by atoms with Gasteiger partial charge in [0.05, 0.1) is 5.75 Å². The Bertz CT molecular complexity index is 822. The van der Waals surface area contributed by atoms with Crippen LogP contribution in [-0.4, -0.2) is 35.1 Å². The number of nitrogens with one attached hydrogen (secondary N) is 1. The van der Waals surface area contributed by atoms with Crippen LogP contribution in [0.4, 0.5) is 0 Å². The summed E-state index contributed by atoms with van der Waals surface area (Å²) in [4.78, 5) is 27.4. The van der Waals surface area contributed by atoms with Crippen molar-refractivity contribution in [3.63, 3.8) is 0 Å². The fourth-order valence-corrected chi connectivity index (χ4v) is 3.84. The standard InChI is InChI=1S/C24H31ClN2O2S/c1-17(2)13-26-24(29)19(4)27(14-20-7-5-18(3)6-8-20)23(28)16-30-15-21-9-11-22(25)12-10-21/h5-12,17,19H,13-16H2,1-4H3,(H,26,29)/t19-/m0/s1. The Balaban J connectivity index is 2.04. The number of rotatable bonds is 10. The van der Waals surface area contributed by atoms with Gasteiger partial charge in [-0.15, -0.1) is 11.8 Å². The molecule has 1 N–H and O–H groups in total. The molecule has 0 aliphatic heterocycles. The third-order valence-corrected chi connectivity index (χ3v) is 5.97. The van der Waals surface area contributed by atoms with Crippen LogP contribution in [0.25, 0.3) is 0 Å². The summed E-state index contributed by atoms with van der Waals surface area (Å²) in [5.74, 6) is 1.23. The highest BCUT2D eigenvalue weighted by molar-refractivity contribution is 7.99. The van der Waals surface area contributed by atoms with Gasteiger partial charge in [0.25, 0.3) is 0 Å². The first-order chi connectivity index (χ1) is 14.3. The highest BCUT2D eigenvalue weighted by atomic mass is 35.5. The molecule has 0 radical (unpaired) electrons. The first-order valence-corrected chi connectivity index (χ1v) is 11.7. The molecule has 0 fully saturated rings. The van der Waals surface area contributed by atoms with Gasteiger partial charge in [-0.1, -0.05) is 67.4 Å². The minimum atomic E-state index is -0.534. The Hall–Kier alpha value is -1.98. The Morgan fingerprint density at radius 1 is 1.00 bits per heavy atom. The number of thioether (sulfide) groups is 1. The predicted octanol–water partition coefficient (Wildman–Crippen LogP) is 5.07. The predicted molar refractivity (Wildman–Crippen MR) is 127 cm³/mol. The zero-order chi connectivity index (χ0) is 22.1. The van der Waals surface area contributed by atoms with Crippen LogP contribution in [0.5, 0.6) is 0 Å². The van der Waals surface area contributed by atoms with Gasteiger partial charge in [-0.05, 0) is 43.0 Å². The smallest absolute Gasteiger partial charge is 0.242 e. The van der Waals surface area contributed by atoms with E-state index in [2.05, 4.69) is 5.32 Å². The number of aryl methyl sites for hydroxylation is 1.